The molecule has 0 spiro atoms. The van der Waals surface area contributed by atoms with Crippen molar-refractivity contribution >= 4 is 23.0 Å². The van der Waals surface area contributed by atoms with Gasteiger partial charge in [0.15, 0.2) is 0 Å². The molecule has 0 fully saturated rings. The van der Waals surface area contributed by atoms with Gasteiger partial charge in [-0.25, -0.2) is 5.43 Å². The van der Waals surface area contributed by atoms with E-state index in [0.29, 0.717) is 11.3 Å². The third-order valence-corrected chi connectivity index (χ3v) is 5.59. The lowest BCUT2D eigenvalue weighted by atomic mass is 10.1. The maximum atomic E-state index is 12.7. The fraction of sp³-hybridized carbons (Fsp3) is 0.192. The first-order valence-corrected chi connectivity index (χ1v) is 10.3. The number of para-hydroxylation sites is 1. The second-order valence-corrected chi connectivity index (χ2v) is 7.96. The Morgan fingerprint density at radius 2 is 1.77 bits per heavy atom. The summed E-state index contributed by atoms with van der Waals surface area (Å²) in [6.45, 7) is 10.2. The summed E-state index contributed by atoms with van der Waals surface area (Å²) in [5.74, 6) is -0.268. The number of carbonyl (C=O) groups is 1. The van der Waals surface area contributed by atoms with Crippen molar-refractivity contribution in [2.75, 3.05) is 0 Å². The molecule has 0 saturated heterocycles. The molecule has 2 aromatic heterocycles. The highest BCUT2D eigenvalue weighted by molar-refractivity contribution is 5.99. The van der Waals surface area contributed by atoms with E-state index in [1.165, 1.54) is 11.1 Å². The van der Waals surface area contributed by atoms with Gasteiger partial charge in [0.05, 0.1) is 23.0 Å². The van der Waals surface area contributed by atoms with Gasteiger partial charge in [0, 0.05) is 28.0 Å². The first kappa shape index (κ1) is 20.5. The number of hydrogen-bond donors (Lipinski definition) is 1. The van der Waals surface area contributed by atoms with Crippen LogP contribution in [0.15, 0.2) is 59.7 Å². The average Bonchev–Trinajstić information content (AvgIpc) is 3.01. The van der Waals surface area contributed by atoms with Crippen molar-refractivity contribution in [2.45, 2.75) is 34.6 Å². The molecule has 5 heteroatoms. The molecular formula is C26H26N4O. The molecule has 0 atom stereocenters. The van der Waals surface area contributed by atoms with Crippen molar-refractivity contribution in [3.8, 4) is 5.69 Å². The summed E-state index contributed by atoms with van der Waals surface area (Å²) in [6.07, 6.45) is 1.70. The topological polar surface area (TPSA) is 59.3 Å². The van der Waals surface area contributed by atoms with Gasteiger partial charge in [-0.15, -0.1) is 0 Å². The molecule has 31 heavy (non-hydrogen) atoms. The van der Waals surface area contributed by atoms with Crippen molar-refractivity contribution in [3.63, 3.8) is 0 Å². The summed E-state index contributed by atoms with van der Waals surface area (Å²) < 4.78 is 2.22. The minimum atomic E-state index is -0.268. The number of carbonyl (C=O) groups excluding carboxylic acids is 1. The van der Waals surface area contributed by atoms with Crippen LogP contribution in [-0.4, -0.2) is 21.7 Å². The van der Waals surface area contributed by atoms with Crippen LogP contribution in [0, 0.1) is 34.6 Å². The summed E-state index contributed by atoms with van der Waals surface area (Å²) >= 11 is 0. The fourth-order valence-electron chi connectivity index (χ4n) is 4.01. The van der Waals surface area contributed by atoms with E-state index in [1.807, 2.05) is 37.3 Å². The summed E-state index contributed by atoms with van der Waals surface area (Å²) in [5, 5.41) is 5.15. The molecule has 2 aromatic carbocycles. The third kappa shape index (κ3) is 3.99. The van der Waals surface area contributed by atoms with Crippen LogP contribution < -0.4 is 5.43 Å². The first-order valence-electron chi connectivity index (χ1n) is 10.3. The molecule has 1 amide bonds. The highest BCUT2D eigenvalue weighted by Gasteiger charge is 2.13. The van der Waals surface area contributed by atoms with Gasteiger partial charge in [0.25, 0.3) is 5.91 Å². The zero-order valence-corrected chi connectivity index (χ0v) is 18.5. The average molecular weight is 411 g/mol. The lowest BCUT2D eigenvalue weighted by molar-refractivity contribution is 0.0954. The van der Waals surface area contributed by atoms with Gasteiger partial charge in [0.1, 0.15) is 0 Å². The SMILES string of the molecule is Cc1ccc(-n2c(C)cc(/C=N/NC(=O)c3cc4ccccc4nc3C)c2C)c(C)c1. The summed E-state index contributed by atoms with van der Waals surface area (Å²) in [6, 6.07) is 18.1. The molecular weight excluding hydrogens is 384 g/mol. The molecule has 156 valence electrons. The Kier molecular flexibility index (Phi) is 5.42. The van der Waals surface area contributed by atoms with Crippen molar-refractivity contribution in [1.82, 2.24) is 15.0 Å². The molecule has 0 aliphatic rings. The predicted octanol–water partition coefficient (Wildman–Crippen LogP) is 5.33. The third-order valence-electron chi connectivity index (χ3n) is 5.59. The monoisotopic (exact) mass is 410 g/mol. The standard InChI is InChI=1S/C26H26N4O/c1-16-10-11-25(17(2)12-16)30-18(3)13-22(20(30)5)15-27-29-26(31)23-14-21-8-6-7-9-24(21)28-19(23)4/h6-15H,1-5H3,(H,29,31)/b27-15+. The Bertz CT molecular complexity index is 1330. The Labute approximate surface area is 182 Å². The number of pyridine rings is 1. The van der Waals surface area contributed by atoms with Crippen molar-refractivity contribution < 1.29 is 4.79 Å². The quantitative estimate of drug-likeness (QED) is 0.365. The van der Waals surface area contributed by atoms with E-state index in [0.717, 1.165) is 33.5 Å². The molecule has 0 unspecified atom stereocenters. The van der Waals surface area contributed by atoms with E-state index in [2.05, 4.69) is 72.0 Å². The minimum absolute atomic E-state index is 0.268. The van der Waals surface area contributed by atoms with Crippen LogP contribution in [0.2, 0.25) is 0 Å². The van der Waals surface area contributed by atoms with Gasteiger partial charge in [-0.05, 0) is 64.4 Å². The van der Waals surface area contributed by atoms with E-state index in [1.54, 1.807) is 6.21 Å². The van der Waals surface area contributed by atoms with Gasteiger partial charge in [-0.2, -0.15) is 5.10 Å². The summed E-state index contributed by atoms with van der Waals surface area (Å²) in [4.78, 5) is 17.2. The lowest BCUT2D eigenvalue weighted by Gasteiger charge is -2.13. The van der Waals surface area contributed by atoms with Crippen molar-refractivity contribution in [2.24, 2.45) is 5.10 Å². The molecule has 0 saturated carbocycles. The molecule has 5 nitrogen and oxygen atoms in total. The number of benzene rings is 2. The minimum Gasteiger partial charge on any atom is -0.318 e. The smallest absolute Gasteiger partial charge is 0.273 e. The number of amides is 1. The largest absolute Gasteiger partial charge is 0.318 e. The maximum absolute atomic E-state index is 12.7. The molecule has 0 aliphatic carbocycles. The molecule has 0 radical (unpaired) electrons. The first-order chi connectivity index (χ1) is 14.8. The van der Waals surface area contributed by atoms with Crippen molar-refractivity contribution in [1.29, 1.82) is 0 Å². The van der Waals surface area contributed by atoms with E-state index >= 15 is 0 Å². The number of nitrogens with one attached hydrogen (secondary N) is 1. The highest BCUT2D eigenvalue weighted by atomic mass is 16.2. The van der Waals surface area contributed by atoms with Crippen LogP contribution in [0.1, 0.15) is 44.1 Å². The second kappa shape index (κ2) is 8.19. The molecule has 1 N–H and O–H groups in total. The number of hydrogen-bond acceptors (Lipinski definition) is 3. The van der Waals surface area contributed by atoms with Crippen molar-refractivity contribution in [3.05, 3.63) is 93.9 Å². The summed E-state index contributed by atoms with van der Waals surface area (Å²) in [5.41, 5.74) is 11.5. The lowest BCUT2D eigenvalue weighted by Crippen LogP contribution is -2.19. The number of nitrogens with zero attached hydrogens (tertiary/aromatic N) is 3. The second-order valence-electron chi connectivity index (χ2n) is 7.96. The van der Waals surface area contributed by atoms with Crippen LogP contribution >= 0.6 is 0 Å². The van der Waals surface area contributed by atoms with Gasteiger partial charge < -0.3 is 4.57 Å². The van der Waals surface area contributed by atoms with Crippen LogP contribution in [0.5, 0.6) is 0 Å². The molecule has 2 heterocycles. The fourth-order valence-corrected chi connectivity index (χ4v) is 4.01. The Hall–Kier alpha value is -3.73. The molecule has 0 bridgehead atoms. The number of rotatable bonds is 4. The Morgan fingerprint density at radius 3 is 2.55 bits per heavy atom. The number of aromatic nitrogens is 2. The van der Waals surface area contributed by atoms with Crippen LogP contribution in [0.4, 0.5) is 0 Å². The molecule has 4 aromatic rings. The Balaban J connectivity index is 1.57. The van der Waals surface area contributed by atoms with E-state index in [9.17, 15) is 4.79 Å². The molecule has 0 aliphatic heterocycles. The number of aryl methyl sites for hydroxylation is 4. The van der Waals surface area contributed by atoms with Gasteiger partial charge in [-0.3, -0.25) is 9.78 Å². The van der Waals surface area contributed by atoms with Gasteiger partial charge in [0.2, 0.25) is 0 Å². The Morgan fingerprint density at radius 1 is 1.00 bits per heavy atom. The predicted molar refractivity (Wildman–Crippen MR) is 126 cm³/mol. The summed E-state index contributed by atoms with van der Waals surface area (Å²) in [7, 11) is 0. The normalized spacial score (nSPS) is 11.4. The molecule has 4 rings (SSSR count). The van der Waals surface area contributed by atoms with Crippen LogP contribution in [-0.2, 0) is 0 Å². The zero-order valence-electron chi connectivity index (χ0n) is 18.5. The number of hydrazone groups is 1. The van der Waals surface area contributed by atoms with E-state index < -0.39 is 0 Å². The van der Waals surface area contributed by atoms with E-state index in [-0.39, 0.29) is 5.91 Å². The number of fused-ring (bicyclic) bond motifs is 1. The highest BCUT2D eigenvalue weighted by Crippen LogP contribution is 2.23. The maximum Gasteiger partial charge on any atom is 0.273 e. The van der Waals surface area contributed by atoms with Gasteiger partial charge >= 0.3 is 0 Å². The zero-order chi connectivity index (χ0) is 22.1. The van der Waals surface area contributed by atoms with Gasteiger partial charge in [-0.1, -0.05) is 35.9 Å². The van der Waals surface area contributed by atoms with E-state index in [4.69, 9.17) is 0 Å². The van der Waals surface area contributed by atoms with Crippen LogP contribution in [0.25, 0.3) is 16.6 Å². The van der Waals surface area contributed by atoms with Crippen LogP contribution in [0.3, 0.4) is 0 Å².